The molecule has 3 aromatic carbocycles. The molecule has 3 heteroatoms. The lowest BCUT2D eigenvalue weighted by molar-refractivity contribution is 0.356. The number of methoxy groups -OCH3 is 2. The largest absolute Gasteiger partial charge is 0.493 e. The van der Waals surface area contributed by atoms with Gasteiger partial charge in [0, 0.05) is 34.8 Å². The topological polar surface area (TPSA) is 23.4 Å². The number of rotatable bonds is 4. The van der Waals surface area contributed by atoms with Gasteiger partial charge in [-0.2, -0.15) is 0 Å². The van der Waals surface area contributed by atoms with E-state index in [1.807, 2.05) is 0 Å². The van der Waals surface area contributed by atoms with Gasteiger partial charge in [-0.25, -0.2) is 0 Å². The van der Waals surface area contributed by atoms with Gasteiger partial charge in [0.1, 0.15) is 0 Å². The lowest BCUT2D eigenvalue weighted by Gasteiger charge is -2.19. The number of aryl methyl sites for hydroxylation is 1. The van der Waals surface area contributed by atoms with Gasteiger partial charge < -0.3 is 14.0 Å². The van der Waals surface area contributed by atoms with E-state index in [1.54, 1.807) is 14.2 Å². The third-order valence-corrected chi connectivity index (χ3v) is 6.19. The molecule has 0 fully saturated rings. The Morgan fingerprint density at radius 2 is 1.30 bits per heavy atom. The second kappa shape index (κ2) is 7.10. The van der Waals surface area contributed by atoms with E-state index < -0.39 is 0 Å². The number of aromatic nitrogens is 1. The number of ether oxygens (including phenoxy) is 2. The molecule has 0 N–H and O–H groups in total. The highest BCUT2D eigenvalue weighted by atomic mass is 16.5. The van der Waals surface area contributed by atoms with Gasteiger partial charge in [0.05, 0.1) is 14.2 Å². The number of benzene rings is 3. The molecule has 0 spiro atoms. The van der Waals surface area contributed by atoms with E-state index in [1.165, 1.54) is 49.6 Å². The molecular formula is C27H25NO2. The molecule has 0 aromatic heterocycles. The first-order chi connectivity index (χ1) is 14.7. The number of hydrogen-bond acceptors (Lipinski definition) is 2. The molecule has 30 heavy (non-hydrogen) atoms. The van der Waals surface area contributed by atoms with Gasteiger partial charge in [-0.05, 0) is 46.5 Å². The van der Waals surface area contributed by atoms with Crippen LogP contribution in [0.2, 0.25) is 0 Å². The monoisotopic (exact) mass is 395 g/mol. The van der Waals surface area contributed by atoms with Crippen LogP contribution in [0.1, 0.15) is 12.6 Å². The van der Waals surface area contributed by atoms with Crippen molar-refractivity contribution in [2.45, 2.75) is 13.3 Å². The van der Waals surface area contributed by atoms with E-state index in [9.17, 15) is 0 Å². The van der Waals surface area contributed by atoms with Gasteiger partial charge >= 0.3 is 0 Å². The minimum atomic E-state index is 0.754. The Bertz CT molecular complexity index is 1350. The molecule has 0 amide bonds. The van der Waals surface area contributed by atoms with Crippen LogP contribution < -0.4 is 9.47 Å². The summed E-state index contributed by atoms with van der Waals surface area (Å²) in [6, 6.07) is 23.6. The van der Waals surface area contributed by atoms with E-state index in [-0.39, 0.29) is 0 Å². The molecule has 1 heterocycles. The van der Waals surface area contributed by atoms with E-state index in [4.69, 9.17) is 9.47 Å². The number of fused-ring (bicyclic) bond motifs is 5. The Balaban J connectivity index is 2.09. The Labute approximate surface area is 176 Å². The summed E-state index contributed by atoms with van der Waals surface area (Å²) in [5.74, 6) is 1.51. The second-order valence-electron chi connectivity index (χ2n) is 7.62. The van der Waals surface area contributed by atoms with Gasteiger partial charge in [-0.15, -0.1) is 0 Å². The normalized spacial score (nSPS) is 11.5. The quantitative estimate of drug-likeness (QED) is 0.339. The summed E-state index contributed by atoms with van der Waals surface area (Å²) in [5.41, 5.74) is 7.64. The zero-order chi connectivity index (χ0) is 20.8. The van der Waals surface area contributed by atoms with E-state index in [2.05, 4.69) is 85.3 Å². The fraction of sp³-hybridized carbons (Fsp3) is 0.185. The van der Waals surface area contributed by atoms with Gasteiger partial charge in [0.25, 0.3) is 0 Å². The van der Waals surface area contributed by atoms with Crippen LogP contribution in [0.4, 0.5) is 0 Å². The maximum Gasteiger partial charge on any atom is 0.161 e. The van der Waals surface area contributed by atoms with Crippen molar-refractivity contribution in [3.05, 3.63) is 72.4 Å². The molecule has 0 atom stereocenters. The fourth-order valence-electron chi connectivity index (χ4n) is 4.87. The van der Waals surface area contributed by atoms with Gasteiger partial charge in [0.2, 0.25) is 0 Å². The van der Waals surface area contributed by atoms with Crippen LogP contribution >= 0.6 is 0 Å². The molecule has 1 aliphatic carbocycles. The first-order valence-electron chi connectivity index (χ1n) is 10.3. The molecule has 0 radical (unpaired) electrons. The summed E-state index contributed by atoms with van der Waals surface area (Å²) >= 11 is 0. The summed E-state index contributed by atoms with van der Waals surface area (Å²) in [5, 5.41) is 3.67. The molecule has 2 aliphatic rings. The average Bonchev–Trinajstić information content (AvgIpc) is 3.13. The molecule has 0 bridgehead atoms. The van der Waals surface area contributed by atoms with Crippen LogP contribution in [0, 0.1) is 0 Å². The van der Waals surface area contributed by atoms with Gasteiger partial charge in [-0.1, -0.05) is 55.5 Å². The van der Waals surface area contributed by atoms with E-state index in [0.717, 1.165) is 17.9 Å². The second-order valence-corrected chi connectivity index (χ2v) is 7.62. The summed E-state index contributed by atoms with van der Waals surface area (Å²) in [6.07, 6.45) is 0.944. The van der Waals surface area contributed by atoms with Crippen LogP contribution in [0.15, 0.2) is 66.7 Å². The third-order valence-electron chi connectivity index (χ3n) is 6.19. The van der Waals surface area contributed by atoms with E-state index >= 15 is 0 Å². The molecule has 3 aromatic rings. The SMILES string of the molecule is CCc1c2c3cc(OC)c(OC)cc3c(-c3ccccc3)c-2c2ccccc2n1C. The maximum atomic E-state index is 5.67. The Morgan fingerprint density at radius 3 is 1.93 bits per heavy atom. The Hall–Kier alpha value is -3.46. The first-order valence-corrected chi connectivity index (χ1v) is 10.3. The lowest BCUT2D eigenvalue weighted by Crippen LogP contribution is -2.05. The Kier molecular flexibility index (Phi) is 4.39. The molecule has 1 aliphatic heterocycles. The predicted octanol–water partition coefficient (Wildman–Crippen LogP) is 6.68. The smallest absolute Gasteiger partial charge is 0.161 e. The molecule has 0 unspecified atom stereocenters. The van der Waals surface area contributed by atoms with Crippen molar-refractivity contribution in [3.8, 4) is 33.8 Å². The summed E-state index contributed by atoms with van der Waals surface area (Å²) in [4.78, 5) is 0. The maximum absolute atomic E-state index is 5.67. The fourth-order valence-corrected chi connectivity index (χ4v) is 4.87. The predicted molar refractivity (Wildman–Crippen MR) is 125 cm³/mol. The van der Waals surface area contributed by atoms with Crippen LogP contribution in [-0.4, -0.2) is 18.8 Å². The number of para-hydroxylation sites is 1. The molecule has 150 valence electrons. The Morgan fingerprint density at radius 1 is 0.700 bits per heavy atom. The minimum absolute atomic E-state index is 0.754. The summed E-state index contributed by atoms with van der Waals surface area (Å²) in [6.45, 7) is 2.23. The average molecular weight is 396 g/mol. The standard InChI is InChI=1S/C27H25NO2/c1-5-21-26-20-16-24(30-4)23(29-3)15-19(20)25(17-11-7-6-8-12-17)27(26)18-13-9-10-14-22(18)28(21)2/h6-16H,5H2,1-4H3. The summed E-state index contributed by atoms with van der Waals surface area (Å²) in [7, 11) is 5.56. The zero-order valence-corrected chi connectivity index (χ0v) is 17.8. The van der Waals surface area contributed by atoms with Crippen molar-refractivity contribution < 1.29 is 9.47 Å². The minimum Gasteiger partial charge on any atom is -0.493 e. The number of pyridine rings is 1. The number of hydrogen-bond donors (Lipinski definition) is 0. The third kappa shape index (κ3) is 2.51. The van der Waals surface area contributed by atoms with Crippen molar-refractivity contribution in [2.75, 3.05) is 14.2 Å². The highest BCUT2D eigenvalue weighted by Crippen LogP contribution is 2.52. The van der Waals surface area contributed by atoms with Crippen molar-refractivity contribution in [2.24, 2.45) is 7.05 Å². The highest BCUT2D eigenvalue weighted by Gasteiger charge is 2.27. The highest BCUT2D eigenvalue weighted by molar-refractivity contribution is 6.22. The van der Waals surface area contributed by atoms with Crippen LogP contribution in [0.25, 0.3) is 43.9 Å². The van der Waals surface area contributed by atoms with Crippen LogP contribution in [0.3, 0.4) is 0 Å². The van der Waals surface area contributed by atoms with Crippen LogP contribution in [-0.2, 0) is 13.5 Å². The van der Waals surface area contributed by atoms with Gasteiger partial charge in [0.15, 0.2) is 11.5 Å². The summed E-state index contributed by atoms with van der Waals surface area (Å²) < 4.78 is 13.7. The molecule has 0 saturated carbocycles. The van der Waals surface area contributed by atoms with Crippen LogP contribution in [0.5, 0.6) is 11.5 Å². The molecule has 5 rings (SSSR count). The van der Waals surface area contributed by atoms with E-state index in [0.29, 0.717) is 0 Å². The van der Waals surface area contributed by atoms with Gasteiger partial charge in [-0.3, -0.25) is 0 Å². The molecule has 3 nitrogen and oxygen atoms in total. The van der Waals surface area contributed by atoms with Crippen molar-refractivity contribution in [1.29, 1.82) is 0 Å². The first kappa shape index (κ1) is 18.6. The van der Waals surface area contributed by atoms with Crippen molar-refractivity contribution >= 4 is 21.7 Å². The molecule has 0 saturated heterocycles. The number of nitrogens with zero attached hydrogens (tertiary/aromatic N) is 1. The molecular weight excluding hydrogens is 370 g/mol. The van der Waals surface area contributed by atoms with Crippen molar-refractivity contribution in [1.82, 2.24) is 4.57 Å². The zero-order valence-electron chi connectivity index (χ0n) is 17.8. The lowest BCUT2D eigenvalue weighted by atomic mass is 9.93. The van der Waals surface area contributed by atoms with Crippen molar-refractivity contribution in [3.63, 3.8) is 0 Å².